The summed E-state index contributed by atoms with van der Waals surface area (Å²) < 4.78 is 19.4. The van der Waals surface area contributed by atoms with Crippen LogP contribution < -0.4 is 10.5 Å². The van der Waals surface area contributed by atoms with Crippen molar-refractivity contribution in [3.8, 4) is 11.5 Å². The number of nitrogen functional groups attached to an aromatic ring is 1. The van der Waals surface area contributed by atoms with Crippen LogP contribution in [0.25, 0.3) is 10.9 Å². The van der Waals surface area contributed by atoms with E-state index >= 15 is 0 Å². The van der Waals surface area contributed by atoms with Gasteiger partial charge in [-0.15, -0.1) is 0 Å². The molecular weight excluding hydrogens is 319 g/mol. The van der Waals surface area contributed by atoms with Gasteiger partial charge in [-0.05, 0) is 43.3 Å². The van der Waals surface area contributed by atoms with Gasteiger partial charge in [0.05, 0.1) is 5.02 Å². The zero-order valence-electron chi connectivity index (χ0n) is 12.5. The van der Waals surface area contributed by atoms with Gasteiger partial charge in [-0.1, -0.05) is 17.7 Å². The fraction of sp³-hybridized carbons (Fsp3) is 0.118. The van der Waals surface area contributed by atoms with Gasteiger partial charge in [0, 0.05) is 23.9 Å². The molecule has 0 saturated heterocycles. The predicted octanol–water partition coefficient (Wildman–Crippen LogP) is 4.40. The van der Waals surface area contributed by atoms with Gasteiger partial charge >= 0.3 is 0 Å². The summed E-state index contributed by atoms with van der Waals surface area (Å²) in [4.78, 5) is 4.01. The number of anilines is 1. The normalized spacial score (nSPS) is 10.1. The Morgan fingerprint density at radius 2 is 1.96 bits per heavy atom. The van der Waals surface area contributed by atoms with E-state index in [1.165, 1.54) is 12.3 Å². The van der Waals surface area contributed by atoms with E-state index in [9.17, 15) is 4.39 Å². The van der Waals surface area contributed by atoms with E-state index in [4.69, 9.17) is 27.2 Å². The number of rotatable bonds is 2. The van der Waals surface area contributed by atoms with Gasteiger partial charge in [-0.2, -0.15) is 0 Å². The molecule has 3 aromatic rings. The molecule has 4 nitrogen and oxygen atoms in total. The Hall–Kier alpha value is -2.37. The first-order valence-electron chi connectivity index (χ1n) is 6.93. The Labute approximate surface area is 138 Å². The lowest BCUT2D eigenvalue weighted by Gasteiger charge is -2.10. The minimum absolute atomic E-state index is 0.250. The highest BCUT2D eigenvalue weighted by molar-refractivity contribution is 6.32. The number of fused-ring (bicyclic) bond motifs is 1. The summed E-state index contributed by atoms with van der Waals surface area (Å²) in [6.07, 6.45) is 1.49. The third kappa shape index (κ3) is 4.09. The van der Waals surface area contributed by atoms with Crippen LogP contribution in [0.1, 0.15) is 6.92 Å². The third-order valence-electron chi connectivity index (χ3n) is 2.86. The first kappa shape index (κ1) is 17.0. The smallest absolute Gasteiger partial charge is 0.149 e. The lowest BCUT2D eigenvalue weighted by Crippen LogP contribution is -1.91. The number of halogens is 2. The fourth-order valence-corrected chi connectivity index (χ4v) is 2.15. The van der Waals surface area contributed by atoms with Crippen molar-refractivity contribution in [1.29, 1.82) is 0 Å². The number of ether oxygens (including phenoxy) is 1. The van der Waals surface area contributed by atoms with Crippen LogP contribution in [0.3, 0.4) is 0 Å². The molecule has 0 fully saturated rings. The maximum Gasteiger partial charge on any atom is 0.149 e. The number of hydrogen-bond acceptors (Lipinski definition) is 4. The molecule has 23 heavy (non-hydrogen) atoms. The van der Waals surface area contributed by atoms with Gasteiger partial charge in [0.15, 0.2) is 0 Å². The van der Waals surface area contributed by atoms with Crippen molar-refractivity contribution in [2.75, 3.05) is 12.3 Å². The number of aliphatic hydroxyl groups excluding tert-OH is 1. The van der Waals surface area contributed by atoms with Gasteiger partial charge in [0.2, 0.25) is 0 Å². The second-order valence-corrected chi connectivity index (χ2v) is 4.96. The topological polar surface area (TPSA) is 68.4 Å². The SMILES string of the molecule is CCO.Nc1ccc(Oc2ccnc3c(F)cccc23)c(Cl)c1. The molecule has 0 atom stereocenters. The quantitative estimate of drug-likeness (QED) is 0.681. The first-order valence-corrected chi connectivity index (χ1v) is 7.31. The summed E-state index contributed by atoms with van der Waals surface area (Å²) in [5, 5.41) is 8.55. The van der Waals surface area contributed by atoms with Crippen molar-refractivity contribution < 1.29 is 14.2 Å². The maximum atomic E-state index is 13.7. The van der Waals surface area contributed by atoms with E-state index in [1.807, 2.05) is 0 Å². The molecular formula is C17H16ClFN2O2. The molecule has 0 aliphatic rings. The van der Waals surface area contributed by atoms with Crippen molar-refractivity contribution in [3.05, 3.63) is 59.5 Å². The van der Waals surface area contributed by atoms with Crippen LogP contribution in [0.4, 0.5) is 10.1 Å². The van der Waals surface area contributed by atoms with Gasteiger partial charge in [-0.3, -0.25) is 4.98 Å². The number of hydrogen-bond donors (Lipinski definition) is 2. The van der Waals surface area contributed by atoms with Crippen molar-refractivity contribution in [3.63, 3.8) is 0 Å². The summed E-state index contributed by atoms with van der Waals surface area (Å²) in [5.41, 5.74) is 6.44. The molecule has 3 rings (SSSR count). The summed E-state index contributed by atoms with van der Waals surface area (Å²) in [7, 11) is 0. The second-order valence-electron chi connectivity index (χ2n) is 4.55. The van der Waals surface area contributed by atoms with Gasteiger partial charge in [0.25, 0.3) is 0 Å². The highest BCUT2D eigenvalue weighted by atomic mass is 35.5. The predicted molar refractivity (Wildman–Crippen MR) is 90.4 cm³/mol. The van der Waals surface area contributed by atoms with Crippen molar-refractivity contribution in [1.82, 2.24) is 4.98 Å². The summed E-state index contributed by atoms with van der Waals surface area (Å²) in [6.45, 7) is 1.93. The van der Waals surface area contributed by atoms with Gasteiger partial charge < -0.3 is 15.6 Å². The molecule has 3 N–H and O–H groups in total. The highest BCUT2D eigenvalue weighted by Gasteiger charge is 2.09. The molecule has 0 saturated carbocycles. The zero-order valence-corrected chi connectivity index (χ0v) is 13.2. The Morgan fingerprint density at radius 1 is 1.22 bits per heavy atom. The first-order chi connectivity index (χ1) is 11.1. The molecule has 1 heterocycles. The Kier molecular flexibility index (Phi) is 5.73. The highest BCUT2D eigenvalue weighted by Crippen LogP contribution is 2.34. The minimum atomic E-state index is -0.392. The van der Waals surface area contributed by atoms with Crippen molar-refractivity contribution >= 4 is 28.2 Å². The van der Waals surface area contributed by atoms with Crippen LogP contribution in [-0.2, 0) is 0 Å². The Morgan fingerprint density at radius 3 is 2.65 bits per heavy atom. The summed E-state index contributed by atoms with van der Waals surface area (Å²) in [6, 6.07) is 11.3. The van der Waals surface area contributed by atoms with E-state index < -0.39 is 5.82 Å². The number of aromatic nitrogens is 1. The van der Waals surface area contributed by atoms with Gasteiger partial charge in [-0.25, -0.2) is 4.39 Å². The molecule has 0 unspecified atom stereocenters. The number of aliphatic hydroxyl groups is 1. The molecule has 1 aromatic heterocycles. The van der Waals surface area contributed by atoms with E-state index in [1.54, 1.807) is 43.3 Å². The molecule has 0 bridgehead atoms. The van der Waals surface area contributed by atoms with Gasteiger partial charge in [0.1, 0.15) is 22.8 Å². The number of benzene rings is 2. The molecule has 6 heteroatoms. The number of para-hydroxylation sites is 1. The van der Waals surface area contributed by atoms with Crippen LogP contribution >= 0.6 is 11.6 Å². The fourth-order valence-electron chi connectivity index (χ4n) is 1.92. The lowest BCUT2D eigenvalue weighted by molar-refractivity contribution is 0.318. The number of pyridine rings is 1. The number of nitrogens with two attached hydrogens (primary N) is 1. The number of nitrogens with zero attached hydrogens (tertiary/aromatic N) is 1. The summed E-state index contributed by atoms with van der Waals surface area (Å²) in [5.74, 6) is 0.551. The molecule has 120 valence electrons. The molecule has 0 spiro atoms. The van der Waals surface area contributed by atoms with Crippen molar-refractivity contribution in [2.45, 2.75) is 6.92 Å². The zero-order chi connectivity index (χ0) is 16.8. The summed E-state index contributed by atoms with van der Waals surface area (Å²) >= 11 is 6.07. The molecule has 2 aromatic carbocycles. The van der Waals surface area contributed by atoms with Crippen molar-refractivity contribution in [2.24, 2.45) is 0 Å². The maximum absolute atomic E-state index is 13.7. The minimum Gasteiger partial charge on any atom is -0.455 e. The van der Waals surface area contributed by atoms with Crippen LogP contribution in [0, 0.1) is 5.82 Å². The second kappa shape index (κ2) is 7.76. The Bertz CT molecular complexity index is 812. The molecule has 0 amide bonds. The van der Waals surface area contributed by atoms with Crippen LogP contribution in [-0.4, -0.2) is 16.7 Å². The van der Waals surface area contributed by atoms with E-state index in [2.05, 4.69) is 4.98 Å². The lowest BCUT2D eigenvalue weighted by atomic mass is 10.2. The molecule has 0 aliphatic heterocycles. The average Bonchev–Trinajstić information content (AvgIpc) is 2.52. The standard InChI is InChI=1S/C15H10ClFN2O.C2H6O/c16-11-8-9(18)4-5-14(11)20-13-6-7-19-15-10(13)2-1-3-12(15)17;1-2-3/h1-8H,18H2;3H,2H2,1H3. The monoisotopic (exact) mass is 334 g/mol. The third-order valence-corrected chi connectivity index (χ3v) is 3.15. The van der Waals surface area contributed by atoms with E-state index in [0.29, 0.717) is 27.6 Å². The van der Waals surface area contributed by atoms with E-state index in [0.717, 1.165) is 0 Å². The molecule has 0 radical (unpaired) electrons. The Balaban J connectivity index is 0.000000595. The molecule has 0 aliphatic carbocycles. The largest absolute Gasteiger partial charge is 0.455 e. The van der Waals surface area contributed by atoms with Crippen LogP contribution in [0.15, 0.2) is 48.7 Å². The van der Waals surface area contributed by atoms with Crippen LogP contribution in [0.2, 0.25) is 5.02 Å². The van der Waals surface area contributed by atoms with Crippen LogP contribution in [0.5, 0.6) is 11.5 Å². The van der Waals surface area contributed by atoms with E-state index in [-0.39, 0.29) is 12.1 Å². The average molecular weight is 335 g/mol.